The molecular weight excluding hydrogens is 867 g/mol. The summed E-state index contributed by atoms with van der Waals surface area (Å²) in [5, 5.41) is 16.7. The molecule has 0 amide bonds. The van der Waals surface area contributed by atoms with E-state index < -0.39 is 21.7 Å². The minimum atomic E-state index is -3.21. The van der Waals surface area contributed by atoms with Gasteiger partial charge in [-0.15, -0.1) is 0 Å². The Kier molecular flexibility index (Phi) is 13.8. The Morgan fingerprint density at radius 3 is 1.50 bits per heavy atom. The van der Waals surface area contributed by atoms with Gasteiger partial charge in [-0.1, -0.05) is 23.2 Å². The number of fused-ring (bicyclic) bond motifs is 2. The number of ether oxygens (including phenoxy) is 4. The first-order valence-electron chi connectivity index (χ1n) is 19.3. The molecule has 15 nitrogen and oxygen atoms in total. The van der Waals surface area contributed by atoms with E-state index in [4.69, 9.17) is 47.4 Å². The van der Waals surface area contributed by atoms with Gasteiger partial charge in [0.15, 0.2) is 29.2 Å². The fourth-order valence-corrected chi connectivity index (χ4v) is 8.20. The number of aromatic nitrogens is 4. The molecule has 62 heavy (non-hydrogen) atoms. The van der Waals surface area contributed by atoms with E-state index in [-0.39, 0.29) is 22.3 Å². The van der Waals surface area contributed by atoms with E-state index in [2.05, 4.69) is 36.8 Å². The molecule has 2 aliphatic heterocycles. The van der Waals surface area contributed by atoms with Crippen molar-refractivity contribution in [3.05, 3.63) is 95.0 Å². The van der Waals surface area contributed by atoms with Gasteiger partial charge >= 0.3 is 0 Å². The maximum atomic E-state index is 13.5. The number of sulfonamides is 1. The minimum absolute atomic E-state index is 0.000473. The fourth-order valence-electron chi connectivity index (χ4n) is 6.97. The van der Waals surface area contributed by atoms with Crippen LogP contribution in [0.15, 0.2) is 73.3 Å². The quantitative estimate of drug-likeness (QED) is 0.118. The number of anilines is 4. The Balaban J connectivity index is 0.000000187. The maximum Gasteiger partial charge on any atom is 0.211 e. The lowest BCUT2D eigenvalue weighted by atomic mass is 10.1. The molecule has 0 aliphatic carbocycles. The second kappa shape index (κ2) is 19.4. The van der Waals surface area contributed by atoms with E-state index in [1.54, 1.807) is 49.5 Å². The first kappa shape index (κ1) is 44.1. The first-order chi connectivity index (χ1) is 29.8. The number of nitrogens with one attached hydrogen (secondary N) is 2. The summed E-state index contributed by atoms with van der Waals surface area (Å²) in [6.07, 6.45) is 8.69. The van der Waals surface area contributed by atoms with Crippen molar-refractivity contribution in [1.29, 1.82) is 5.26 Å². The van der Waals surface area contributed by atoms with Crippen molar-refractivity contribution < 1.29 is 36.1 Å². The summed E-state index contributed by atoms with van der Waals surface area (Å²) in [5.41, 5.74) is 2.47. The third-order valence-electron chi connectivity index (χ3n) is 10.2. The van der Waals surface area contributed by atoms with Crippen molar-refractivity contribution in [3.8, 4) is 29.2 Å². The van der Waals surface area contributed by atoms with Crippen molar-refractivity contribution in [2.45, 2.75) is 37.9 Å². The summed E-state index contributed by atoms with van der Waals surface area (Å²) < 4.78 is 75.3. The van der Waals surface area contributed by atoms with Crippen LogP contribution in [0.3, 0.4) is 0 Å². The predicted octanol–water partition coefficient (Wildman–Crippen LogP) is 8.48. The van der Waals surface area contributed by atoms with Gasteiger partial charge in [0.1, 0.15) is 48.1 Å². The summed E-state index contributed by atoms with van der Waals surface area (Å²) in [5.74, 6) is 2.21. The van der Waals surface area contributed by atoms with E-state index in [0.717, 1.165) is 18.2 Å². The molecule has 4 aromatic carbocycles. The van der Waals surface area contributed by atoms with Gasteiger partial charge in [0.05, 0.1) is 41.6 Å². The fraction of sp³-hybridized carbons (Fsp3) is 0.310. The average molecular weight is 909 g/mol. The van der Waals surface area contributed by atoms with Gasteiger partial charge in [-0.2, -0.15) is 5.26 Å². The van der Waals surface area contributed by atoms with Gasteiger partial charge in [-0.3, -0.25) is 0 Å². The Morgan fingerprint density at radius 1 is 0.677 bits per heavy atom. The third kappa shape index (κ3) is 10.5. The second-order valence-electron chi connectivity index (χ2n) is 14.4. The minimum Gasteiger partial charge on any atom is -0.493 e. The van der Waals surface area contributed by atoms with E-state index in [9.17, 15) is 17.2 Å². The van der Waals surface area contributed by atoms with Gasteiger partial charge in [-0.05, 0) is 61.4 Å². The highest BCUT2D eigenvalue weighted by Gasteiger charge is 2.27. The summed E-state index contributed by atoms with van der Waals surface area (Å²) >= 11 is 11.8. The Labute approximate surface area is 366 Å². The molecule has 6 aromatic rings. The number of likely N-dealkylation sites (tertiary alicyclic amines) is 1. The molecule has 0 spiro atoms. The molecule has 2 fully saturated rings. The zero-order chi connectivity index (χ0) is 44.0. The van der Waals surface area contributed by atoms with Gasteiger partial charge < -0.3 is 34.5 Å². The van der Waals surface area contributed by atoms with Crippen molar-refractivity contribution in [2.75, 3.05) is 57.3 Å². The topological polar surface area (TPSA) is 177 Å². The van der Waals surface area contributed by atoms with E-state index >= 15 is 0 Å². The van der Waals surface area contributed by atoms with Crippen molar-refractivity contribution in [2.24, 2.45) is 0 Å². The standard InChI is InChI=1S/C21H19ClFN5O2.C21H22ClFN4O4S/c1-29-19-10-18-15(9-20(19)30-14-4-6-28(11-24)7-5-14)21(26-12-25-18)27-13-2-3-17(23)16(22)8-13;1-30-19-11-18-15(10-20(19)31-14-5-7-27(8-6-14)32(2,28)29)21(25-12-24-18)26-13-3-4-17(23)16(22)9-13/h2-3,8-10,12,14H,4-7H2,1H3,(H,25,26,27);3-4,9-12,14H,5-8H2,1-2H3,(H,24,25,26). The van der Waals surface area contributed by atoms with Crippen LogP contribution >= 0.6 is 23.2 Å². The van der Waals surface area contributed by atoms with Crippen LogP contribution in [0.4, 0.5) is 31.8 Å². The van der Waals surface area contributed by atoms with Crippen LogP contribution in [-0.2, 0) is 10.0 Å². The number of piperidine rings is 2. The highest BCUT2D eigenvalue weighted by Crippen LogP contribution is 2.38. The Morgan fingerprint density at radius 2 is 1.11 bits per heavy atom. The number of benzene rings is 4. The highest BCUT2D eigenvalue weighted by atomic mass is 35.5. The van der Waals surface area contributed by atoms with Gasteiger partial charge in [0.25, 0.3) is 0 Å². The number of rotatable bonds is 11. The van der Waals surface area contributed by atoms with Crippen molar-refractivity contribution >= 4 is 78.0 Å². The van der Waals surface area contributed by atoms with E-state index in [0.29, 0.717) is 101 Å². The van der Waals surface area contributed by atoms with Crippen molar-refractivity contribution in [3.63, 3.8) is 0 Å². The molecule has 0 unspecified atom stereocenters. The van der Waals surface area contributed by atoms with Crippen LogP contribution in [0.5, 0.6) is 23.0 Å². The van der Waals surface area contributed by atoms with E-state index in [1.165, 1.54) is 47.5 Å². The number of nitriles is 1. The van der Waals surface area contributed by atoms with Crippen molar-refractivity contribution in [1.82, 2.24) is 29.1 Å². The summed E-state index contributed by atoms with van der Waals surface area (Å²) in [4.78, 5) is 19.0. The molecular formula is C42H41Cl2F2N9O6S. The molecule has 4 heterocycles. The molecule has 324 valence electrons. The normalized spacial score (nSPS) is 15.0. The SMILES string of the molecule is COc1cc2ncnc(Nc3ccc(F)c(Cl)c3)c2cc1OC1CCN(C#N)CC1.COc1cc2ncnc(Nc3ccc(F)c(Cl)c3)c2cc1OC1CCN(S(C)(=O)=O)CC1. The monoisotopic (exact) mass is 907 g/mol. The Hall–Kier alpha value is -6.00. The van der Waals surface area contributed by atoms with Crippen LogP contribution in [-0.4, -0.2) is 96.4 Å². The Bertz CT molecular complexity index is 2730. The van der Waals surface area contributed by atoms with E-state index in [1.807, 2.05) is 6.07 Å². The molecule has 0 radical (unpaired) electrons. The second-order valence-corrected chi connectivity index (χ2v) is 17.2. The largest absolute Gasteiger partial charge is 0.493 e. The molecule has 0 bridgehead atoms. The zero-order valence-corrected chi connectivity index (χ0v) is 36.1. The van der Waals surface area contributed by atoms with Gasteiger partial charge in [0.2, 0.25) is 10.0 Å². The lowest BCUT2D eigenvalue weighted by molar-refractivity contribution is 0.123. The smallest absolute Gasteiger partial charge is 0.211 e. The lowest BCUT2D eigenvalue weighted by Crippen LogP contribution is -2.41. The van der Waals surface area contributed by atoms with Gasteiger partial charge in [0, 0.05) is 73.3 Å². The molecule has 2 N–H and O–H groups in total. The highest BCUT2D eigenvalue weighted by molar-refractivity contribution is 7.88. The zero-order valence-electron chi connectivity index (χ0n) is 33.7. The number of nitrogens with zero attached hydrogens (tertiary/aromatic N) is 7. The molecule has 0 atom stereocenters. The van der Waals surface area contributed by atoms with Crippen LogP contribution in [0.2, 0.25) is 10.0 Å². The summed E-state index contributed by atoms with van der Waals surface area (Å²) in [6, 6.07) is 15.8. The summed E-state index contributed by atoms with van der Waals surface area (Å²) in [6.45, 7) is 2.14. The molecule has 8 rings (SSSR count). The first-order valence-corrected chi connectivity index (χ1v) is 21.9. The molecule has 20 heteroatoms. The summed E-state index contributed by atoms with van der Waals surface area (Å²) in [7, 11) is -0.0902. The number of methoxy groups -OCH3 is 2. The van der Waals surface area contributed by atoms with Crippen LogP contribution in [0.25, 0.3) is 21.8 Å². The van der Waals surface area contributed by atoms with Crippen LogP contribution in [0, 0.1) is 23.1 Å². The number of hydrogen-bond acceptors (Lipinski definition) is 14. The van der Waals surface area contributed by atoms with Crippen LogP contribution in [0.1, 0.15) is 25.7 Å². The van der Waals surface area contributed by atoms with Crippen LogP contribution < -0.4 is 29.6 Å². The molecule has 2 saturated heterocycles. The number of halogens is 4. The average Bonchev–Trinajstić information content (AvgIpc) is 3.26. The molecule has 0 saturated carbocycles. The third-order valence-corrected chi connectivity index (χ3v) is 12.1. The molecule has 2 aliphatic rings. The predicted molar refractivity (Wildman–Crippen MR) is 232 cm³/mol. The maximum absolute atomic E-state index is 13.5. The lowest BCUT2D eigenvalue weighted by Gasteiger charge is -2.30. The number of hydrogen-bond donors (Lipinski definition) is 2. The molecule has 2 aromatic heterocycles. The van der Waals surface area contributed by atoms with Gasteiger partial charge in [-0.25, -0.2) is 41.4 Å².